The van der Waals surface area contributed by atoms with Crippen LogP contribution in [-0.2, 0) is 0 Å². The number of hydrogen-bond acceptors (Lipinski definition) is 3. The maximum atomic E-state index is 14.3. The van der Waals surface area contributed by atoms with Crippen LogP contribution in [0.2, 0.25) is 0 Å². The van der Waals surface area contributed by atoms with Gasteiger partial charge in [-0.25, -0.2) is 8.78 Å². The molecule has 1 saturated carbocycles. The Morgan fingerprint density at radius 2 is 1.97 bits per heavy atom. The van der Waals surface area contributed by atoms with E-state index in [-0.39, 0.29) is 28.3 Å². The average molecular weight is 411 g/mol. The van der Waals surface area contributed by atoms with E-state index in [0.29, 0.717) is 17.0 Å². The van der Waals surface area contributed by atoms with Crippen molar-refractivity contribution < 1.29 is 13.6 Å². The van der Waals surface area contributed by atoms with E-state index >= 15 is 0 Å². The summed E-state index contributed by atoms with van der Waals surface area (Å²) in [5, 5.41) is 0.165. The number of nitrogens with two attached hydrogens (primary N) is 1. The molecule has 2 aromatic heterocycles. The first-order chi connectivity index (χ1) is 14.3. The summed E-state index contributed by atoms with van der Waals surface area (Å²) in [6.45, 7) is 3.74. The predicted octanol–water partition coefficient (Wildman–Crippen LogP) is 4.30. The van der Waals surface area contributed by atoms with Crippen LogP contribution in [0.15, 0.2) is 35.3 Å². The monoisotopic (exact) mass is 411 g/mol. The molecule has 0 bridgehead atoms. The molecule has 3 aromatic rings. The lowest BCUT2D eigenvalue weighted by atomic mass is 9.69. The van der Waals surface area contributed by atoms with Crippen molar-refractivity contribution in [2.45, 2.75) is 44.9 Å². The second-order valence-electron chi connectivity index (χ2n) is 8.24. The lowest BCUT2D eigenvalue weighted by Gasteiger charge is -2.36. The third-order valence-electron chi connectivity index (χ3n) is 6.29. The van der Waals surface area contributed by atoms with Crippen molar-refractivity contribution in [3.05, 3.63) is 74.8 Å². The topological polar surface area (TPSA) is 88.8 Å². The molecule has 4 rings (SSSR count). The van der Waals surface area contributed by atoms with Gasteiger partial charge in [-0.2, -0.15) is 0 Å². The van der Waals surface area contributed by atoms with E-state index in [9.17, 15) is 18.4 Å². The molecule has 30 heavy (non-hydrogen) atoms. The molecule has 1 aliphatic rings. The summed E-state index contributed by atoms with van der Waals surface area (Å²) in [6.07, 6.45) is 4.01. The smallest absolute Gasteiger partial charge is 0.268 e. The van der Waals surface area contributed by atoms with Crippen LogP contribution in [-0.4, -0.2) is 15.9 Å². The number of aromatic amines is 1. The zero-order valence-electron chi connectivity index (χ0n) is 16.8. The molecule has 0 saturated heterocycles. The highest BCUT2D eigenvalue weighted by atomic mass is 19.2. The van der Waals surface area contributed by atoms with Gasteiger partial charge in [-0.1, -0.05) is 19.4 Å². The highest BCUT2D eigenvalue weighted by Gasteiger charge is 2.33. The molecule has 1 fully saturated rings. The second-order valence-corrected chi connectivity index (χ2v) is 8.24. The number of fused-ring (bicyclic) bond motifs is 1. The van der Waals surface area contributed by atoms with E-state index in [1.807, 2.05) is 0 Å². The standard InChI is InChI=1S/C23H23F2N3O2/c1-11-3-4-14(15(9-11)13-5-6-16(24)21(25)12(13)2)18-10-19(29)20-17(28-18)7-8-27-22(20)23(26)30/h5-8,10-11,14-15H,3-4,9H2,1-2H3,(H2,26,30)(H,28,29)/t11-,14?,15?/m1/s1. The summed E-state index contributed by atoms with van der Waals surface area (Å²) < 4.78 is 28.0. The van der Waals surface area contributed by atoms with Crippen LogP contribution in [0.4, 0.5) is 8.78 Å². The molecule has 1 amide bonds. The Morgan fingerprint density at radius 3 is 2.70 bits per heavy atom. The minimum absolute atomic E-state index is 0.0607. The van der Waals surface area contributed by atoms with E-state index in [1.54, 1.807) is 19.1 Å². The van der Waals surface area contributed by atoms with Crippen molar-refractivity contribution in [3.8, 4) is 0 Å². The van der Waals surface area contributed by atoms with E-state index < -0.39 is 17.5 Å². The number of hydrogen-bond donors (Lipinski definition) is 2. The minimum atomic E-state index is -0.859. The number of aromatic nitrogens is 2. The Kier molecular flexibility index (Phi) is 5.13. The van der Waals surface area contributed by atoms with Gasteiger partial charge in [-0.3, -0.25) is 14.6 Å². The summed E-state index contributed by atoms with van der Waals surface area (Å²) in [6, 6.07) is 5.94. The van der Waals surface area contributed by atoms with Gasteiger partial charge in [0.15, 0.2) is 17.1 Å². The zero-order valence-corrected chi connectivity index (χ0v) is 16.8. The molecule has 3 atom stereocenters. The first-order valence-electron chi connectivity index (χ1n) is 10.0. The molecule has 2 heterocycles. The maximum absolute atomic E-state index is 14.3. The van der Waals surface area contributed by atoms with Gasteiger partial charge in [0.05, 0.1) is 10.9 Å². The van der Waals surface area contributed by atoms with Crippen LogP contribution in [0.3, 0.4) is 0 Å². The van der Waals surface area contributed by atoms with Crippen molar-refractivity contribution in [1.82, 2.24) is 9.97 Å². The normalized spacial score (nSPS) is 21.7. The maximum Gasteiger partial charge on any atom is 0.268 e. The number of rotatable bonds is 3. The Bertz CT molecular complexity index is 1210. The number of carbonyl (C=O) groups excluding carboxylic acids is 1. The fourth-order valence-electron chi connectivity index (χ4n) is 4.77. The number of nitrogens with one attached hydrogen (secondary N) is 1. The van der Waals surface area contributed by atoms with Gasteiger partial charge in [-0.15, -0.1) is 0 Å². The van der Waals surface area contributed by atoms with Crippen LogP contribution in [0.1, 0.15) is 65.3 Å². The fourth-order valence-corrected chi connectivity index (χ4v) is 4.77. The minimum Gasteiger partial charge on any atom is -0.364 e. The Balaban J connectivity index is 1.85. The van der Waals surface area contributed by atoms with Crippen molar-refractivity contribution >= 4 is 16.8 Å². The van der Waals surface area contributed by atoms with Crippen molar-refractivity contribution in [2.75, 3.05) is 0 Å². The number of carbonyl (C=O) groups is 1. The molecule has 2 unspecified atom stereocenters. The van der Waals surface area contributed by atoms with E-state index in [4.69, 9.17) is 5.73 Å². The number of nitrogens with zero attached hydrogens (tertiary/aromatic N) is 1. The molecule has 1 aromatic carbocycles. The summed E-state index contributed by atoms with van der Waals surface area (Å²) >= 11 is 0. The molecular formula is C23H23F2N3O2. The Hall–Kier alpha value is -3.09. The van der Waals surface area contributed by atoms with Gasteiger partial charge in [0.2, 0.25) is 0 Å². The summed E-state index contributed by atoms with van der Waals surface area (Å²) in [5.74, 6) is -2.14. The summed E-state index contributed by atoms with van der Waals surface area (Å²) in [7, 11) is 0. The van der Waals surface area contributed by atoms with Gasteiger partial charge in [0.25, 0.3) is 5.91 Å². The van der Waals surface area contributed by atoms with Crippen LogP contribution < -0.4 is 11.2 Å². The Labute approximate surface area is 172 Å². The highest BCUT2D eigenvalue weighted by molar-refractivity contribution is 6.03. The van der Waals surface area contributed by atoms with Crippen LogP contribution in [0, 0.1) is 24.5 Å². The van der Waals surface area contributed by atoms with Crippen molar-refractivity contribution in [1.29, 1.82) is 0 Å². The summed E-state index contributed by atoms with van der Waals surface area (Å²) in [5.41, 5.74) is 7.24. The number of amides is 1. The predicted molar refractivity (Wildman–Crippen MR) is 110 cm³/mol. The quantitative estimate of drug-likeness (QED) is 0.674. The van der Waals surface area contributed by atoms with E-state index in [0.717, 1.165) is 30.5 Å². The molecule has 7 heteroatoms. The van der Waals surface area contributed by atoms with Crippen LogP contribution >= 0.6 is 0 Å². The Morgan fingerprint density at radius 1 is 1.20 bits per heavy atom. The zero-order chi connectivity index (χ0) is 21.6. The van der Waals surface area contributed by atoms with E-state index in [1.165, 1.54) is 18.3 Å². The molecular weight excluding hydrogens is 388 g/mol. The lowest BCUT2D eigenvalue weighted by molar-refractivity contribution is 0.0997. The SMILES string of the molecule is Cc1c(C2C[C@H](C)CCC2c2cc(=O)c3c(C(N)=O)nccc3[nH]2)ccc(F)c1F. The van der Waals surface area contributed by atoms with Gasteiger partial charge in [0.1, 0.15) is 5.69 Å². The van der Waals surface area contributed by atoms with Crippen molar-refractivity contribution in [2.24, 2.45) is 11.7 Å². The van der Waals surface area contributed by atoms with Crippen molar-refractivity contribution in [3.63, 3.8) is 0 Å². The van der Waals surface area contributed by atoms with Gasteiger partial charge in [-0.05, 0) is 54.9 Å². The van der Waals surface area contributed by atoms with Gasteiger partial charge in [0, 0.05) is 23.9 Å². The lowest BCUT2D eigenvalue weighted by Crippen LogP contribution is -2.24. The van der Waals surface area contributed by atoms with Crippen LogP contribution in [0.25, 0.3) is 10.9 Å². The molecule has 0 spiro atoms. The average Bonchev–Trinajstić information content (AvgIpc) is 2.71. The second kappa shape index (κ2) is 7.63. The number of benzene rings is 1. The molecule has 0 aliphatic heterocycles. The van der Waals surface area contributed by atoms with E-state index in [2.05, 4.69) is 16.9 Å². The first kappa shape index (κ1) is 20.2. The number of halogens is 2. The molecule has 3 N–H and O–H groups in total. The first-order valence-corrected chi connectivity index (χ1v) is 10.0. The largest absolute Gasteiger partial charge is 0.364 e. The molecule has 156 valence electrons. The molecule has 1 aliphatic carbocycles. The molecule has 0 radical (unpaired) electrons. The van der Waals surface area contributed by atoms with Crippen LogP contribution in [0.5, 0.6) is 0 Å². The number of H-pyrrole nitrogens is 1. The third kappa shape index (κ3) is 3.38. The summed E-state index contributed by atoms with van der Waals surface area (Å²) in [4.78, 5) is 31.7. The fraction of sp³-hybridized carbons (Fsp3) is 0.348. The highest BCUT2D eigenvalue weighted by Crippen LogP contribution is 2.46. The van der Waals surface area contributed by atoms with Gasteiger partial charge >= 0.3 is 0 Å². The van der Waals surface area contributed by atoms with Gasteiger partial charge < -0.3 is 10.7 Å². The molecule has 5 nitrogen and oxygen atoms in total. The third-order valence-corrected chi connectivity index (χ3v) is 6.29. The number of pyridine rings is 2. The number of primary amides is 1.